The Bertz CT molecular complexity index is 1300. The molecule has 2 heterocycles. The summed E-state index contributed by atoms with van der Waals surface area (Å²) in [5.74, 6) is 0.719. The van der Waals surface area contributed by atoms with Crippen LogP contribution in [0.25, 0.3) is 0 Å². The molecule has 0 N–H and O–H groups in total. The van der Waals surface area contributed by atoms with Gasteiger partial charge in [-0.25, -0.2) is 0 Å². The van der Waals surface area contributed by atoms with Gasteiger partial charge in [0.1, 0.15) is 11.4 Å². The first-order valence-electron chi connectivity index (χ1n) is 16.5. The van der Waals surface area contributed by atoms with Crippen molar-refractivity contribution in [2.45, 2.75) is 51.3 Å². The molecule has 250 valence electrons. The minimum absolute atomic E-state index is 0.0976. The van der Waals surface area contributed by atoms with Crippen LogP contribution >= 0.6 is 0 Å². The Kier molecular flexibility index (Phi) is 13.8. The normalized spacial score (nSPS) is 18.9. The molecule has 0 fully saturated rings. The first-order chi connectivity index (χ1) is 23.1. The number of nitrogens with zero attached hydrogens (tertiary/aromatic N) is 1. The van der Waals surface area contributed by atoms with E-state index in [1.54, 1.807) is 0 Å². The first-order valence-corrected chi connectivity index (χ1v) is 16.5. The zero-order valence-corrected chi connectivity index (χ0v) is 27.6. The van der Waals surface area contributed by atoms with Gasteiger partial charge in [0, 0.05) is 18.6 Å². The highest BCUT2D eigenvalue weighted by atomic mass is 16.6. The molecule has 47 heavy (non-hydrogen) atoms. The van der Waals surface area contributed by atoms with Gasteiger partial charge < -0.3 is 33.2 Å². The number of rotatable bonds is 9. The van der Waals surface area contributed by atoms with Crippen LogP contribution in [0.4, 0.5) is 0 Å². The third-order valence-corrected chi connectivity index (χ3v) is 7.80. The second-order valence-corrected chi connectivity index (χ2v) is 11.6. The van der Waals surface area contributed by atoms with E-state index in [0.29, 0.717) is 72.5 Å². The van der Waals surface area contributed by atoms with E-state index < -0.39 is 5.60 Å². The molecule has 8 nitrogen and oxygen atoms in total. The van der Waals surface area contributed by atoms with Crippen molar-refractivity contribution < 1.29 is 33.2 Å². The summed E-state index contributed by atoms with van der Waals surface area (Å²) in [5, 5.41) is 0. The highest BCUT2D eigenvalue weighted by molar-refractivity contribution is 5.47. The lowest BCUT2D eigenvalue weighted by atomic mass is 9.80. The molecule has 4 aromatic rings. The second-order valence-electron chi connectivity index (χ2n) is 11.6. The molecule has 3 aromatic carbocycles. The number of ether oxygens (including phenoxy) is 7. The van der Waals surface area contributed by atoms with Crippen molar-refractivity contribution in [3.8, 4) is 5.75 Å². The van der Waals surface area contributed by atoms with Crippen molar-refractivity contribution in [3.63, 3.8) is 0 Å². The molecule has 0 unspecified atom stereocenters. The van der Waals surface area contributed by atoms with E-state index >= 15 is 0 Å². The second kappa shape index (κ2) is 18.6. The van der Waals surface area contributed by atoms with Crippen LogP contribution in [0, 0.1) is 0 Å². The third kappa shape index (κ3) is 10.4. The summed E-state index contributed by atoms with van der Waals surface area (Å²) in [5.41, 5.74) is 4.01. The summed E-state index contributed by atoms with van der Waals surface area (Å²) in [6.07, 6.45) is 0.486. The monoisotopic (exact) mass is 641 g/mol. The van der Waals surface area contributed by atoms with Gasteiger partial charge in [-0.1, -0.05) is 91.0 Å². The molecule has 1 aliphatic rings. The van der Waals surface area contributed by atoms with E-state index in [2.05, 4.69) is 72.8 Å². The predicted molar refractivity (Wildman–Crippen MR) is 180 cm³/mol. The summed E-state index contributed by atoms with van der Waals surface area (Å²) in [4.78, 5) is 4.79. The minimum atomic E-state index is -0.762. The fraction of sp³-hybridized carbons (Fsp3) is 0.410. The summed E-state index contributed by atoms with van der Waals surface area (Å²) in [7, 11) is 0. The molecule has 0 amide bonds. The standard InChI is InChI=1S/C39H47NO7/c1-31-27-42-23-21-41-22-24-43-28-32(2)46-30-37-26-38(25-36(40-37)29-45-31)44-19-12-20-47-39(33-13-6-3-7-14-33,34-15-8-4-9-16-34)35-17-10-5-11-18-35/h3-11,13-18,25-26,31-32H,12,19-24,27-30H2,1-2H3/t31-,32-/m0/s1. The Morgan fingerprint density at radius 1 is 0.617 bits per heavy atom. The maximum absolute atomic E-state index is 6.92. The Hall–Kier alpha value is -3.63. The SMILES string of the molecule is C[C@H]1COCCOCCOC[C@H](C)OCc2cc(OCCCOC(c3ccccc3)(c3ccccc3)c3ccccc3)cc(n2)CO1. The number of benzene rings is 3. The molecule has 0 spiro atoms. The van der Waals surface area contributed by atoms with Crippen molar-refractivity contribution >= 4 is 0 Å². The van der Waals surface area contributed by atoms with Gasteiger partial charge in [-0.2, -0.15) is 0 Å². The van der Waals surface area contributed by atoms with E-state index in [-0.39, 0.29) is 12.2 Å². The van der Waals surface area contributed by atoms with Gasteiger partial charge in [0.05, 0.1) is 89.7 Å². The van der Waals surface area contributed by atoms with Gasteiger partial charge in [-0.05, 0) is 30.5 Å². The van der Waals surface area contributed by atoms with E-state index in [4.69, 9.17) is 38.1 Å². The van der Waals surface area contributed by atoms with Crippen LogP contribution in [0.3, 0.4) is 0 Å². The van der Waals surface area contributed by atoms with Crippen LogP contribution in [0.5, 0.6) is 5.75 Å². The van der Waals surface area contributed by atoms with Crippen LogP contribution < -0.4 is 4.74 Å². The Labute approximate surface area is 278 Å². The highest BCUT2D eigenvalue weighted by Gasteiger charge is 2.37. The lowest BCUT2D eigenvalue weighted by Crippen LogP contribution is -2.33. The fourth-order valence-electron chi connectivity index (χ4n) is 5.48. The molecule has 2 atom stereocenters. The number of fused-ring (bicyclic) bond motifs is 2. The zero-order chi connectivity index (χ0) is 32.6. The Morgan fingerprint density at radius 3 is 1.53 bits per heavy atom. The topological polar surface area (TPSA) is 77.5 Å². The van der Waals surface area contributed by atoms with E-state index in [0.717, 1.165) is 33.8 Å². The average Bonchev–Trinajstić information content (AvgIpc) is 3.11. The number of pyridine rings is 1. The van der Waals surface area contributed by atoms with Crippen molar-refractivity contribution in [2.24, 2.45) is 0 Å². The largest absolute Gasteiger partial charge is 0.493 e. The van der Waals surface area contributed by atoms with Crippen molar-refractivity contribution in [2.75, 3.05) is 52.9 Å². The molecule has 0 aliphatic carbocycles. The summed E-state index contributed by atoms with van der Waals surface area (Å²) >= 11 is 0. The van der Waals surface area contributed by atoms with Crippen molar-refractivity contribution in [1.29, 1.82) is 0 Å². The van der Waals surface area contributed by atoms with Crippen LogP contribution in [0.2, 0.25) is 0 Å². The van der Waals surface area contributed by atoms with Gasteiger partial charge in [-0.3, -0.25) is 4.98 Å². The van der Waals surface area contributed by atoms with Gasteiger partial charge in [-0.15, -0.1) is 0 Å². The van der Waals surface area contributed by atoms with E-state index in [1.807, 2.05) is 44.2 Å². The first kappa shape index (κ1) is 34.7. The quantitative estimate of drug-likeness (QED) is 0.147. The van der Waals surface area contributed by atoms with Crippen molar-refractivity contribution in [1.82, 2.24) is 4.98 Å². The zero-order valence-electron chi connectivity index (χ0n) is 27.6. The molecule has 2 bridgehead atoms. The molecule has 0 saturated carbocycles. The molecule has 8 heteroatoms. The number of hydrogen-bond donors (Lipinski definition) is 0. The molecule has 1 aromatic heterocycles. The minimum Gasteiger partial charge on any atom is -0.493 e. The third-order valence-electron chi connectivity index (χ3n) is 7.80. The summed E-state index contributed by atoms with van der Waals surface area (Å²) in [6, 6.07) is 35.1. The van der Waals surface area contributed by atoms with Crippen LogP contribution in [0.15, 0.2) is 103 Å². The molecule has 0 saturated heterocycles. The van der Waals surface area contributed by atoms with Crippen LogP contribution in [-0.4, -0.2) is 70.0 Å². The molecular formula is C39H47NO7. The maximum atomic E-state index is 6.92. The van der Waals surface area contributed by atoms with E-state index in [9.17, 15) is 0 Å². The lowest BCUT2D eigenvalue weighted by molar-refractivity contribution is -0.0481. The van der Waals surface area contributed by atoms with Crippen molar-refractivity contribution in [3.05, 3.63) is 131 Å². The lowest BCUT2D eigenvalue weighted by Gasteiger charge is -2.36. The molecular weight excluding hydrogens is 594 g/mol. The molecule has 5 rings (SSSR count). The number of hydrogen-bond acceptors (Lipinski definition) is 8. The summed E-state index contributed by atoms with van der Waals surface area (Å²) < 4.78 is 42.3. The Balaban J connectivity index is 1.27. The highest BCUT2D eigenvalue weighted by Crippen LogP contribution is 2.40. The van der Waals surface area contributed by atoms with Gasteiger partial charge in [0.2, 0.25) is 0 Å². The maximum Gasteiger partial charge on any atom is 0.143 e. The summed E-state index contributed by atoms with van der Waals surface area (Å²) in [6.45, 7) is 8.58. The predicted octanol–water partition coefficient (Wildman–Crippen LogP) is 6.73. The van der Waals surface area contributed by atoms with Crippen LogP contribution in [-0.2, 0) is 47.2 Å². The van der Waals surface area contributed by atoms with Gasteiger partial charge >= 0.3 is 0 Å². The number of aromatic nitrogens is 1. The van der Waals surface area contributed by atoms with Gasteiger partial charge in [0.15, 0.2) is 0 Å². The van der Waals surface area contributed by atoms with Gasteiger partial charge in [0.25, 0.3) is 0 Å². The average molecular weight is 642 g/mol. The Morgan fingerprint density at radius 2 is 1.06 bits per heavy atom. The molecule has 1 aliphatic heterocycles. The molecule has 0 radical (unpaired) electrons. The van der Waals surface area contributed by atoms with E-state index in [1.165, 1.54) is 0 Å². The fourth-order valence-corrected chi connectivity index (χ4v) is 5.48. The smallest absolute Gasteiger partial charge is 0.143 e. The van der Waals surface area contributed by atoms with Crippen LogP contribution in [0.1, 0.15) is 48.3 Å².